The molecule has 0 N–H and O–H groups in total. The zero-order valence-electron chi connectivity index (χ0n) is 13.1. The molecule has 0 atom stereocenters. The number of hydrogen-bond acceptors (Lipinski definition) is 1. The number of rotatable bonds is 16. The summed E-state index contributed by atoms with van der Waals surface area (Å²) in [5.41, 5.74) is 0. The summed E-state index contributed by atoms with van der Waals surface area (Å²) in [5.74, 6) is 0. The van der Waals surface area contributed by atoms with Crippen LogP contribution in [0.2, 0.25) is 0 Å². The summed E-state index contributed by atoms with van der Waals surface area (Å²) in [6, 6.07) is 0. The number of alkyl halides is 1. The van der Waals surface area contributed by atoms with Gasteiger partial charge < -0.3 is 0 Å². The number of hydrogen-bond donors (Lipinski definition) is 0. The van der Waals surface area contributed by atoms with Crippen LogP contribution >= 0.6 is 15.9 Å². The van der Waals surface area contributed by atoms with Gasteiger partial charge in [0.25, 0.3) is 0 Å². The Bertz CT molecular complexity index is 213. The van der Waals surface area contributed by atoms with E-state index in [0.29, 0.717) is 0 Å². The average molecular weight is 345 g/mol. The lowest BCUT2D eigenvalue weighted by Gasteiger charge is -2.02. The van der Waals surface area contributed by atoms with E-state index in [1.54, 1.807) is 6.08 Å². The normalized spacial score (nSPS) is 11.2. The minimum atomic E-state index is 0.863. The van der Waals surface area contributed by atoms with Gasteiger partial charge in [0.2, 0.25) is 0 Å². The molecule has 0 saturated carbocycles. The Hall–Kier alpha value is -0.110. The van der Waals surface area contributed by atoms with E-state index >= 15 is 0 Å². The van der Waals surface area contributed by atoms with Gasteiger partial charge in [-0.05, 0) is 25.3 Å². The average Bonchev–Trinajstić information content (AvgIpc) is 2.47. The zero-order valence-corrected chi connectivity index (χ0v) is 14.7. The maximum Gasteiger partial charge on any atom is 0.142 e. The van der Waals surface area contributed by atoms with Crippen LogP contribution in [0.4, 0.5) is 0 Å². The van der Waals surface area contributed by atoms with Crippen LogP contribution in [0.3, 0.4) is 0 Å². The van der Waals surface area contributed by atoms with Gasteiger partial charge in [0.15, 0.2) is 0 Å². The standard InChI is InChI=1S/C18H33BrO/c19-17-15-13-11-9-7-5-3-1-2-4-6-8-10-12-14-16-18-20/h14,16,18H,1-13,15,17H2/b16-14+. The first-order valence-electron chi connectivity index (χ1n) is 8.58. The molecule has 0 radical (unpaired) electrons. The second-order valence-electron chi connectivity index (χ2n) is 5.64. The highest BCUT2D eigenvalue weighted by molar-refractivity contribution is 9.09. The first kappa shape index (κ1) is 19.9. The van der Waals surface area contributed by atoms with Gasteiger partial charge in [-0.25, -0.2) is 0 Å². The Kier molecular flexibility index (Phi) is 18.8. The molecule has 20 heavy (non-hydrogen) atoms. The number of carbonyl (C=O) groups excluding carboxylic acids is 1. The minimum Gasteiger partial charge on any atom is -0.299 e. The second-order valence-corrected chi connectivity index (χ2v) is 6.43. The molecule has 0 aromatic heterocycles. The van der Waals surface area contributed by atoms with E-state index in [4.69, 9.17) is 0 Å². The van der Waals surface area contributed by atoms with Gasteiger partial charge in [-0.3, -0.25) is 4.79 Å². The van der Waals surface area contributed by atoms with Gasteiger partial charge in [-0.1, -0.05) is 92.6 Å². The number of carbonyl (C=O) groups is 1. The summed E-state index contributed by atoms with van der Waals surface area (Å²) in [6.45, 7) is 0. The van der Waals surface area contributed by atoms with E-state index in [2.05, 4.69) is 15.9 Å². The number of allylic oxidation sites excluding steroid dienone is 2. The van der Waals surface area contributed by atoms with Crippen molar-refractivity contribution in [1.82, 2.24) is 0 Å². The molecule has 0 aromatic carbocycles. The molecule has 0 saturated heterocycles. The SMILES string of the molecule is O=C/C=C/CCCCCCCCCCCCCCCBr. The molecule has 0 bridgehead atoms. The lowest BCUT2D eigenvalue weighted by Crippen LogP contribution is -1.83. The fourth-order valence-corrected chi connectivity index (χ4v) is 2.85. The highest BCUT2D eigenvalue weighted by Gasteiger charge is 1.93. The third-order valence-electron chi connectivity index (χ3n) is 3.72. The number of halogens is 1. The van der Waals surface area contributed by atoms with E-state index in [1.807, 2.05) is 6.08 Å². The number of aldehydes is 1. The first-order chi connectivity index (χ1) is 9.91. The van der Waals surface area contributed by atoms with Crippen molar-refractivity contribution < 1.29 is 4.79 Å². The van der Waals surface area contributed by atoms with Crippen LogP contribution in [-0.2, 0) is 4.79 Å². The van der Waals surface area contributed by atoms with Crippen LogP contribution in [0, 0.1) is 0 Å². The summed E-state index contributed by atoms with van der Waals surface area (Å²) >= 11 is 3.48. The van der Waals surface area contributed by atoms with E-state index in [1.165, 1.54) is 88.8 Å². The van der Waals surface area contributed by atoms with Gasteiger partial charge in [0.1, 0.15) is 6.29 Å². The molecule has 118 valence electrons. The molecule has 0 amide bonds. The van der Waals surface area contributed by atoms with E-state index in [0.717, 1.165) is 12.7 Å². The van der Waals surface area contributed by atoms with Crippen molar-refractivity contribution in [2.24, 2.45) is 0 Å². The monoisotopic (exact) mass is 344 g/mol. The predicted molar refractivity (Wildman–Crippen MR) is 93.6 cm³/mol. The van der Waals surface area contributed by atoms with Crippen molar-refractivity contribution in [1.29, 1.82) is 0 Å². The van der Waals surface area contributed by atoms with Crippen LogP contribution < -0.4 is 0 Å². The van der Waals surface area contributed by atoms with Gasteiger partial charge in [-0.2, -0.15) is 0 Å². The van der Waals surface area contributed by atoms with Crippen molar-refractivity contribution in [3.8, 4) is 0 Å². The molecule has 0 unspecified atom stereocenters. The van der Waals surface area contributed by atoms with Crippen molar-refractivity contribution in [2.75, 3.05) is 5.33 Å². The van der Waals surface area contributed by atoms with Crippen LogP contribution in [0.1, 0.15) is 89.9 Å². The molecule has 0 aromatic rings. The molecule has 0 rings (SSSR count). The van der Waals surface area contributed by atoms with Crippen LogP contribution in [-0.4, -0.2) is 11.6 Å². The van der Waals surface area contributed by atoms with Gasteiger partial charge in [0, 0.05) is 5.33 Å². The maximum absolute atomic E-state index is 10.1. The first-order valence-corrected chi connectivity index (χ1v) is 9.70. The minimum absolute atomic E-state index is 0.863. The smallest absolute Gasteiger partial charge is 0.142 e. The largest absolute Gasteiger partial charge is 0.299 e. The quantitative estimate of drug-likeness (QED) is 0.133. The molecule has 0 aliphatic rings. The Morgan fingerprint density at radius 3 is 1.40 bits per heavy atom. The topological polar surface area (TPSA) is 17.1 Å². The molecule has 0 fully saturated rings. The Morgan fingerprint density at radius 2 is 1.00 bits per heavy atom. The van der Waals surface area contributed by atoms with Crippen LogP contribution in [0.5, 0.6) is 0 Å². The summed E-state index contributed by atoms with van der Waals surface area (Å²) < 4.78 is 0. The van der Waals surface area contributed by atoms with Gasteiger partial charge in [-0.15, -0.1) is 0 Å². The molecule has 0 heterocycles. The molecular weight excluding hydrogens is 312 g/mol. The molecule has 0 aliphatic carbocycles. The lowest BCUT2D eigenvalue weighted by molar-refractivity contribution is -0.104. The summed E-state index contributed by atoms with van der Waals surface area (Å²) in [6.07, 6.45) is 23.5. The highest BCUT2D eigenvalue weighted by atomic mass is 79.9. The Balaban J connectivity index is 2.95. The molecule has 0 spiro atoms. The van der Waals surface area contributed by atoms with Crippen LogP contribution in [0.25, 0.3) is 0 Å². The summed E-state index contributed by atoms with van der Waals surface area (Å²) in [5, 5.41) is 1.17. The van der Waals surface area contributed by atoms with E-state index < -0.39 is 0 Å². The Labute approximate surface area is 134 Å². The van der Waals surface area contributed by atoms with Crippen molar-refractivity contribution >= 4 is 22.2 Å². The van der Waals surface area contributed by atoms with Gasteiger partial charge in [0.05, 0.1) is 0 Å². The molecule has 0 aliphatic heterocycles. The molecular formula is C18H33BrO. The molecule has 2 heteroatoms. The van der Waals surface area contributed by atoms with Crippen LogP contribution in [0.15, 0.2) is 12.2 Å². The second kappa shape index (κ2) is 18.9. The lowest BCUT2D eigenvalue weighted by atomic mass is 10.0. The predicted octanol–water partition coefficient (Wildman–Crippen LogP) is 6.60. The number of unbranched alkanes of at least 4 members (excludes halogenated alkanes) is 13. The molecule has 1 nitrogen and oxygen atoms in total. The van der Waals surface area contributed by atoms with E-state index in [-0.39, 0.29) is 0 Å². The Morgan fingerprint density at radius 1 is 0.600 bits per heavy atom. The fraction of sp³-hybridized carbons (Fsp3) is 0.833. The zero-order chi connectivity index (χ0) is 14.7. The summed E-state index contributed by atoms with van der Waals surface area (Å²) in [7, 11) is 0. The van der Waals surface area contributed by atoms with Crippen molar-refractivity contribution in [3.63, 3.8) is 0 Å². The van der Waals surface area contributed by atoms with Gasteiger partial charge >= 0.3 is 0 Å². The van der Waals surface area contributed by atoms with Crippen molar-refractivity contribution in [2.45, 2.75) is 89.9 Å². The van der Waals surface area contributed by atoms with Crippen molar-refractivity contribution in [3.05, 3.63) is 12.2 Å². The third-order valence-corrected chi connectivity index (χ3v) is 4.28. The summed E-state index contributed by atoms with van der Waals surface area (Å²) in [4.78, 5) is 10.1. The van der Waals surface area contributed by atoms with E-state index in [9.17, 15) is 4.79 Å². The highest BCUT2D eigenvalue weighted by Crippen LogP contribution is 2.13. The fourth-order valence-electron chi connectivity index (χ4n) is 2.45. The maximum atomic E-state index is 10.1. The third kappa shape index (κ3) is 17.9.